The molecule has 2 heterocycles. The number of benzene rings is 1. The van der Waals surface area contributed by atoms with Gasteiger partial charge in [-0.1, -0.05) is 25.5 Å². The standard InChI is InChI=1S/C24H31N7O6S/c1-5-6-11-31-15-19(13-27-31)38(35,36)30(4)21-14-25-16-26-22(21)28-20(23(32)33)12-17-7-9-18(10-8-17)37-24(34)29(2)3/h7-10,13-16,20H,5-6,11-12H2,1-4H3,(H,32,33)(H,25,26,28)/t20-/m0/s1. The first-order valence-corrected chi connectivity index (χ1v) is 13.3. The predicted octanol–water partition coefficient (Wildman–Crippen LogP) is 2.47. The van der Waals surface area contributed by atoms with Crippen LogP contribution in [0.25, 0.3) is 0 Å². The topological polar surface area (TPSA) is 160 Å². The number of carboxylic acid groups (broad SMARTS) is 1. The van der Waals surface area contributed by atoms with Crippen LogP contribution in [0.5, 0.6) is 5.75 Å². The van der Waals surface area contributed by atoms with Crippen LogP contribution in [-0.2, 0) is 27.8 Å². The van der Waals surface area contributed by atoms with Gasteiger partial charge >= 0.3 is 12.1 Å². The molecule has 0 radical (unpaired) electrons. The number of hydrogen-bond acceptors (Lipinski definition) is 9. The maximum absolute atomic E-state index is 13.3. The SMILES string of the molecule is CCCCn1cc(S(=O)(=O)N(C)c2cncnc2N[C@@H](Cc2ccc(OC(=O)N(C)C)cc2)C(=O)O)cn1. The lowest BCUT2D eigenvalue weighted by molar-refractivity contribution is -0.137. The molecule has 204 valence electrons. The van der Waals surface area contributed by atoms with Gasteiger partial charge in [-0.15, -0.1) is 0 Å². The molecule has 0 saturated carbocycles. The fraction of sp³-hybridized carbons (Fsp3) is 0.375. The zero-order valence-electron chi connectivity index (χ0n) is 21.6. The van der Waals surface area contributed by atoms with Crippen LogP contribution in [0.15, 0.2) is 54.1 Å². The van der Waals surface area contributed by atoms with E-state index in [0.29, 0.717) is 17.9 Å². The molecule has 0 aliphatic carbocycles. The summed E-state index contributed by atoms with van der Waals surface area (Å²) in [4.78, 5) is 33.1. The van der Waals surface area contributed by atoms with Crippen molar-refractivity contribution in [3.63, 3.8) is 0 Å². The number of amides is 1. The van der Waals surface area contributed by atoms with Crippen molar-refractivity contribution in [1.82, 2.24) is 24.6 Å². The largest absolute Gasteiger partial charge is 0.480 e. The summed E-state index contributed by atoms with van der Waals surface area (Å²) < 4.78 is 34.3. The van der Waals surface area contributed by atoms with Crippen molar-refractivity contribution >= 4 is 33.6 Å². The fourth-order valence-corrected chi connectivity index (χ4v) is 4.50. The van der Waals surface area contributed by atoms with Gasteiger partial charge in [-0.2, -0.15) is 5.10 Å². The van der Waals surface area contributed by atoms with Crippen LogP contribution in [-0.4, -0.2) is 77.4 Å². The summed E-state index contributed by atoms with van der Waals surface area (Å²) >= 11 is 0. The lowest BCUT2D eigenvalue weighted by Gasteiger charge is -2.23. The molecule has 0 aliphatic heterocycles. The summed E-state index contributed by atoms with van der Waals surface area (Å²) in [6.45, 7) is 2.62. The third kappa shape index (κ3) is 6.97. The number of unbranched alkanes of at least 4 members (excludes halogenated alkanes) is 1. The van der Waals surface area contributed by atoms with Gasteiger partial charge in [0, 0.05) is 40.3 Å². The molecule has 2 N–H and O–H groups in total. The molecule has 0 bridgehead atoms. The van der Waals surface area contributed by atoms with Crippen LogP contribution >= 0.6 is 0 Å². The molecule has 0 spiro atoms. The van der Waals surface area contributed by atoms with E-state index in [1.165, 1.54) is 36.9 Å². The number of anilines is 2. The monoisotopic (exact) mass is 545 g/mol. The van der Waals surface area contributed by atoms with Crippen molar-refractivity contribution < 1.29 is 27.9 Å². The lowest BCUT2D eigenvalue weighted by Crippen LogP contribution is -2.34. The van der Waals surface area contributed by atoms with Crippen LogP contribution in [0.3, 0.4) is 0 Å². The summed E-state index contributed by atoms with van der Waals surface area (Å²) in [6, 6.07) is 5.26. The fourth-order valence-electron chi connectivity index (χ4n) is 3.36. The molecule has 0 unspecified atom stereocenters. The first-order valence-electron chi connectivity index (χ1n) is 11.8. The summed E-state index contributed by atoms with van der Waals surface area (Å²) in [5.74, 6) is -0.816. The van der Waals surface area contributed by atoms with E-state index >= 15 is 0 Å². The average molecular weight is 546 g/mol. The number of rotatable bonds is 12. The molecule has 38 heavy (non-hydrogen) atoms. The molecule has 0 fully saturated rings. The Balaban J connectivity index is 1.79. The van der Waals surface area contributed by atoms with Crippen molar-refractivity contribution in [2.24, 2.45) is 0 Å². The highest BCUT2D eigenvalue weighted by molar-refractivity contribution is 7.92. The van der Waals surface area contributed by atoms with E-state index in [1.807, 2.05) is 6.92 Å². The Bertz CT molecular complexity index is 1360. The average Bonchev–Trinajstić information content (AvgIpc) is 3.38. The van der Waals surface area contributed by atoms with E-state index in [9.17, 15) is 23.1 Å². The first kappa shape index (κ1) is 28.4. The van der Waals surface area contributed by atoms with Crippen LogP contribution < -0.4 is 14.4 Å². The van der Waals surface area contributed by atoms with E-state index in [0.717, 1.165) is 17.1 Å². The van der Waals surface area contributed by atoms with Gasteiger partial charge < -0.3 is 20.1 Å². The maximum atomic E-state index is 13.3. The van der Waals surface area contributed by atoms with Gasteiger partial charge in [-0.3, -0.25) is 8.99 Å². The molecule has 14 heteroatoms. The minimum Gasteiger partial charge on any atom is -0.480 e. The normalized spacial score (nSPS) is 12.0. The highest BCUT2D eigenvalue weighted by Gasteiger charge is 2.28. The maximum Gasteiger partial charge on any atom is 0.414 e. The molecule has 13 nitrogen and oxygen atoms in total. The van der Waals surface area contributed by atoms with E-state index in [4.69, 9.17) is 4.74 Å². The van der Waals surface area contributed by atoms with E-state index in [1.54, 1.807) is 43.0 Å². The highest BCUT2D eigenvalue weighted by Crippen LogP contribution is 2.28. The van der Waals surface area contributed by atoms with Crippen molar-refractivity contribution in [2.45, 2.75) is 43.7 Å². The Morgan fingerprint density at radius 2 is 1.87 bits per heavy atom. The molecule has 0 aliphatic rings. The zero-order valence-corrected chi connectivity index (χ0v) is 22.4. The molecule has 1 amide bonds. The Morgan fingerprint density at radius 3 is 2.50 bits per heavy atom. The third-order valence-electron chi connectivity index (χ3n) is 5.58. The van der Waals surface area contributed by atoms with Gasteiger partial charge in [0.2, 0.25) is 0 Å². The number of carboxylic acids is 1. The second kappa shape index (κ2) is 12.4. The minimum absolute atomic E-state index is 0.00394. The Labute approximate surface area is 221 Å². The van der Waals surface area contributed by atoms with E-state index < -0.39 is 28.1 Å². The number of carbonyl (C=O) groups is 2. The summed E-state index contributed by atoms with van der Waals surface area (Å²) in [5.41, 5.74) is 0.719. The number of aromatic nitrogens is 4. The molecular formula is C24H31N7O6S. The van der Waals surface area contributed by atoms with Gasteiger partial charge in [-0.25, -0.2) is 28.0 Å². The van der Waals surface area contributed by atoms with Crippen molar-refractivity contribution in [3.8, 4) is 5.75 Å². The Kier molecular flexibility index (Phi) is 9.23. The number of ether oxygens (including phenoxy) is 1. The quantitative estimate of drug-likeness (QED) is 0.346. The minimum atomic E-state index is -4.02. The van der Waals surface area contributed by atoms with E-state index in [-0.39, 0.29) is 22.8 Å². The van der Waals surface area contributed by atoms with Crippen LogP contribution in [0, 0.1) is 0 Å². The van der Waals surface area contributed by atoms with Crippen LogP contribution in [0.1, 0.15) is 25.3 Å². The number of nitrogens with one attached hydrogen (secondary N) is 1. The summed E-state index contributed by atoms with van der Waals surface area (Å²) in [6.07, 6.45) is 6.53. The van der Waals surface area contributed by atoms with Gasteiger partial charge in [-0.05, 0) is 24.1 Å². The Hall–Kier alpha value is -4.20. The number of nitrogens with zero attached hydrogens (tertiary/aromatic N) is 6. The summed E-state index contributed by atoms with van der Waals surface area (Å²) in [5, 5.41) is 16.8. The van der Waals surface area contributed by atoms with Crippen LogP contribution in [0.2, 0.25) is 0 Å². The van der Waals surface area contributed by atoms with Gasteiger partial charge in [0.25, 0.3) is 10.0 Å². The van der Waals surface area contributed by atoms with E-state index in [2.05, 4.69) is 20.4 Å². The highest BCUT2D eigenvalue weighted by atomic mass is 32.2. The van der Waals surface area contributed by atoms with Crippen molar-refractivity contribution in [1.29, 1.82) is 0 Å². The number of aliphatic carboxylic acids is 1. The molecule has 1 atom stereocenters. The molecule has 2 aromatic heterocycles. The molecule has 0 saturated heterocycles. The molecular weight excluding hydrogens is 514 g/mol. The van der Waals surface area contributed by atoms with Crippen molar-refractivity contribution in [2.75, 3.05) is 30.8 Å². The smallest absolute Gasteiger partial charge is 0.414 e. The number of sulfonamides is 1. The number of carbonyl (C=O) groups excluding carboxylic acids is 1. The lowest BCUT2D eigenvalue weighted by atomic mass is 10.1. The predicted molar refractivity (Wildman–Crippen MR) is 140 cm³/mol. The zero-order chi connectivity index (χ0) is 27.9. The van der Waals surface area contributed by atoms with Crippen molar-refractivity contribution in [3.05, 3.63) is 54.7 Å². The molecule has 1 aromatic carbocycles. The first-order chi connectivity index (χ1) is 18.0. The molecule has 3 rings (SSSR count). The Morgan fingerprint density at radius 1 is 1.16 bits per heavy atom. The van der Waals surface area contributed by atoms with Gasteiger partial charge in [0.1, 0.15) is 28.7 Å². The van der Waals surface area contributed by atoms with Gasteiger partial charge in [0.15, 0.2) is 5.82 Å². The van der Waals surface area contributed by atoms with Gasteiger partial charge in [0.05, 0.1) is 12.4 Å². The number of hydrogen-bond donors (Lipinski definition) is 2. The summed E-state index contributed by atoms with van der Waals surface area (Å²) in [7, 11) is 0.442. The second-order valence-electron chi connectivity index (χ2n) is 8.67. The third-order valence-corrected chi connectivity index (χ3v) is 7.31. The number of aryl methyl sites for hydroxylation is 1. The molecule has 3 aromatic rings. The van der Waals surface area contributed by atoms with Crippen LogP contribution in [0.4, 0.5) is 16.3 Å². The second-order valence-corrected chi connectivity index (χ2v) is 10.6.